The Kier molecular flexibility index (Phi) is 7.00. The van der Waals surface area contributed by atoms with Crippen molar-refractivity contribution < 1.29 is 43.3 Å². The predicted molar refractivity (Wildman–Crippen MR) is 116 cm³/mol. The van der Waals surface area contributed by atoms with Crippen LogP contribution in [-0.4, -0.2) is 78.7 Å². The van der Waals surface area contributed by atoms with Gasteiger partial charge in [0.05, 0.1) is 27.2 Å². The van der Waals surface area contributed by atoms with Gasteiger partial charge in [-0.2, -0.15) is 0 Å². The zero-order chi connectivity index (χ0) is 24.5. The second-order valence-electron chi connectivity index (χ2n) is 7.41. The summed E-state index contributed by atoms with van der Waals surface area (Å²) < 4.78 is 33.0. The zero-order valence-corrected chi connectivity index (χ0v) is 19.1. The van der Waals surface area contributed by atoms with Gasteiger partial charge in [-0.1, -0.05) is 0 Å². The summed E-state index contributed by atoms with van der Waals surface area (Å²) in [6, 6.07) is 5.42. The quantitative estimate of drug-likeness (QED) is 0.252. The van der Waals surface area contributed by atoms with Crippen LogP contribution in [0.4, 0.5) is 5.82 Å². The number of aliphatic hydroxyl groups is 2. The first-order valence-corrected chi connectivity index (χ1v) is 11.6. The molecule has 0 amide bonds. The number of hydrogen-bond acceptors (Lipinski definition) is 11. The van der Waals surface area contributed by atoms with Gasteiger partial charge in [0.25, 0.3) is 0 Å². The fraction of sp³-hybridized carbons (Fsp3) is 0.421. The highest BCUT2D eigenvalue weighted by atomic mass is 31.2. The summed E-state index contributed by atoms with van der Waals surface area (Å²) in [5.41, 5.74) is 1.54. The van der Waals surface area contributed by atoms with Crippen molar-refractivity contribution in [3.05, 3.63) is 36.4 Å². The fourth-order valence-electron chi connectivity index (χ4n) is 3.61. The lowest BCUT2D eigenvalue weighted by atomic mass is 10.1. The fourth-order valence-corrected chi connectivity index (χ4v) is 3.95. The number of aliphatic hydroxyl groups excluding tert-OH is 2. The molecule has 0 aliphatic carbocycles. The van der Waals surface area contributed by atoms with Crippen molar-refractivity contribution in [1.29, 1.82) is 0 Å². The minimum atomic E-state index is -4.77. The van der Waals surface area contributed by atoms with Crippen molar-refractivity contribution in [2.24, 2.45) is 0 Å². The van der Waals surface area contributed by atoms with Gasteiger partial charge in [0.2, 0.25) is 0 Å². The number of rotatable bonds is 9. The number of phosphoric acid groups is 1. The topological polar surface area (TPSA) is 191 Å². The van der Waals surface area contributed by atoms with Crippen molar-refractivity contribution >= 4 is 24.8 Å². The molecule has 4 atom stereocenters. The number of imidazole rings is 1. The summed E-state index contributed by atoms with van der Waals surface area (Å²) in [6.07, 6.45) is -2.48. The third kappa shape index (κ3) is 4.98. The molecule has 3 heterocycles. The molecule has 5 N–H and O–H groups in total. The van der Waals surface area contributed by atoms with Gasteiger partial charge in [-0.25, -0.2) is 19.5 Å². The third-order valence-corrected chi connectivity index (χ3v) is 5.80. The Morgan fingerprint density at radius 1 is 1.15 bits per heavy atom. The van der Waals surface area contributed by atoms with Crippen molar-refractivity contribution in [3.8, 4) is 11.5 Å². The summed E-state index contributed by atoms with van der Waals surface area (Å²) in [5, 5.41) is 23.9. The summed E-state index contributed by atoms with van der Waals surface area (Å²) in [5.74, 6) is 1.70. The van der Waals surface area contributed by atoms with Gasteiger partial charge in [-0.05, 0) is 12.1 Å². The van der Waals surface area contributed by atoms with Gasteiger partial charge in [0, 0.05) is 18.2 Å². The molecule has 0 saturated carbocycles. The number of aromatic nitrogens is 4. The van der Waals surface area contributed by atoms with E-state index in [2.05, 4.69) is 24.8 Å². The highest BCUT2D eigenvalue weighted by Crippen LogP contribution is 2.39. The molecular weight excluding hydrogens is 473 g/mol. The Bertz CT molecular complexity index is 1200. The maximum absolute atomic E-state index is 11.0. The Labute approximate surface area is 193 Å². The first-order valence-electron chi connectivity index (χ1n) is 10.1. The van der Waals surface area contributed by atoms with Crippen LogP contribution in [-0.2, 0) is 20.4 Å². The average Bonchev–Trinajstić information content (AvgIpc) is 3.37. The molecule has 34 heavy (non-hydrogen) atoms. The second kappa shape index (κ2) is 9.80. The Morgan fingerprint density at radius 2 is 1.94 bits per heavy atom. The van der Waals surface area contributed by atoms with Gasteiger partial charge in [0.1, 0.15) is 36.1 Å². The number of methoxy groups -OCH3 is 2. The summed E-state index contributed by atoms with van der Waals surface area (Å²) in [6.45, 7) is -0.258. The number of nitrogens with one attached hydrogen (secondary N) is 1. The van der Waals surface area contributed by atoms with Crippen molar-refractivity contribution in [1.82, 2.24) is 19.5 Å². The van der Waals surface area contributed by atoms with E-state index >= 15 is 0 Å². The lowest BCUT2D eigenvalue weighted by molar-refractivity contribution is -0.0504. The van der Waals surface area contributed by atoms with Gasteiger partial charge < -0.3 is 39.5 Å². The number of anilines is 1. The Morgan fingerprint density at radius 3 is 2.65 bits per heavy atom. The number of benzene rings is 1. The maximum Gasteiger partial charge on any atom is 0.469 e. The zero-order valence-electron chi connectivity index (χ0n) is 18.2. The van der Waals surface area contributed by atoms with Crippen LogP contribution in [0.5, 0.6) is 11.5 Å². The average molecular weight is 497 g/mol. The normalized spacial score (nSPS) is 22.8. The molecule has 3 aromatic rings. The van der Waals surface area contributed by atoms with Gasteiger partial charge in [0.15, 0.2) is 23.2 Å². The minimum absolute atomic E-state index is 0.312. The first-order chi connectivity index (χ1) is 16.2. The molecule has 1 aliphatic heterocycles. The van der Waals surface area contributed by atoms with Gasteiger partial charge >= 0.3 is 7.82 Å². The molecule has 15 heteroatoms. The van der Waals surface area contributed by atoms with E-state index in [4.69, 9.17) is 24.0 Å². The van der Waals surface area contributed by atoms with Crippen LogP contribution in [0.2, 0.25) is 0 Å². The molecule has 0 unspecified atom stereocenters. The Hall–Kier alpha value is -2.84. The smallest absolute Gasteiger partial charge is 0.469 e. The minimum Gasteiger partial charge on any atom is -0.497 e. The van der Waals surface area contributed by atoms with Gasteiger partial charge in [-0.15, -0.1) is 0 Å². The summed E-state index contributed by atoms with van der Waals surface area (Å²) >= 11 is 0. The lowest BCUT2D eigenvalue weighted by Crippen LogP contribution is -2.33. The first kappa shape index (κ1) is 24.3. The van der Waals surface area contributed by atoms with Crippen molar-refractivity contribution in [2.75, 3.05) is 26.1 Å². The molecule has 184 valence electrons. The maximum atomic E-state index is 11.0. The SMILES string of the molecule is COc1ccc(CNc2ncnc3c2ncn3[C@@H]2O[C@H](COP(=O)(O)O)[C@@H](O)[C@H]2O)c(OC)c1. The lowest BCUT2D eigenvalue weighted by Gasteiger charge is -2.16. The second-order valence-corrected chi connectivity index (χ2v) is 8.65. The van der Waals surface area contributed by atoms with Crippen LogP contribution in [0.3, 0.4) is 0 Å². The molecule has 4 rings (SSSR count). The van der Waals surface area contributed by atoms with E-state index in [0.717, 1.165) is 5.56 Å². The molecule has 1 aromatic carbocycles. The van der Waals surface area contributed by atoms with Crippen LogP contribution in [0.25, 0.3) is 11.2 Å². The molecule has 0 bridgehead atoms. The molecular formula is C19H24N5O9P. The summed E-state index contributed by atoms with van der Waals surface area (Å²) in [7, 11) is -1.65. The highest BCUT2D eigenvalue weighted by Gasteiger charge is 2.45. The molecule has 2 aromatic heterocycles. The number of nitrogens with zero attached hydrogens (tertiary/aromatic N) is 4. The number of hydrogen-bond donors (Lipinski definition) is 5. The molecule has 0 radical (unpaired) electrons. The monoisotopic (exact) mass is 497 g/mol. The van der Waals surface area contributed by atoms with E-state index in [9.17, 15) is 14.8 Å². The predicted octanol–water partition coefficient (Wildman–Crippen LogP) is 0.184. The molecule has 0 spiro atoms. The van der Waals surface area contributed by atoms with E-state index in [1.54, 1.807) is 26.4 Å². The van der Waals surface area contributed by atoms with Crippen molar-refractivity contribution in [3.63, 3.8) is 0 Å². The van der Waals surface area contributed by atoms with E-state index in [1.807, 2.05) is 6.07 Å². The Balaban J connectivity index is 1.54. The van der Waals surface area contributed by atoms with E-state index in [-0.39, 0.29) is 0 Å². The van der Waals surface area contributed by atoms with E-state index < -0.39 is 39.0 Å². The number of fused-ring (bicyclic) bond motifs is 1. The van der Waals surface area contributed by atoms with Crippen LogP contribution in [0, 0.1) is 0 Å². The third-order valence-electron chi connectivity index (χ3n) is 5.32. The largest absolute Gasteiger partial charge is 0.497 e. The molecule has 1 aliphatic rings. The van der Waals surface area contributed by atoms with E-state index in [1.165, 1.54) is 17.2 Å². The molecule has 14 nitrogen and oxygen atoms in total. The van der Waals surface area contributed by atoms with E-state index in [0.29, 0.717) is 35.0 Å². The number of phosphoric ester groups is 1. The summed E-state index contributed by atoms with van der Waals surface area (Å²) in [4.78, 5) is 30.5. The van der Waals surface area contributed by atoms with Crippen LogP contribution in [0.15, 0.2) is 30.9 Å². The molecule has 1 saturated heterocycles. The van der Waals surface area contributed by atoms with Crippen LogP contribution >= 0.6 is 7.82 Å². The van der Waals surface area contributed by atoms with Crippen LogP contribution < -0.4 is 14.8 Å². The molecule has 1 fully saturated rings. The highest BCUT2D eigenvalue weighted by molar-refractivity contribution is 7.46. The van der Waals surface area contributed by atoms with Crippen molar-refractivity contribution in [2.45, 2.75) is 31.1 Å². The van der Waals surface area contributed by atoms with Crippen LogP contribution in [0.1, 0.15) is 11.8 Å². The van der Waals surface area contributed by atoms with Gasteiger partial charge in [-0.3, -0.25) is 9.09 Å². The number of ether oxygens (including phenoxy) is 3. The standard InChI is InChI=1S/C19H24N5O9P/c1-30-11-4-3-10(12(5-11)31-2)6-20-17-14-18(22-8-21-17)24(9-23-14)19-16(26)15(25)13(33-19)7-32-34(27,28)29/h3-5,8-9,13,15-16,19,25-26H,6-7H2,1-2H3,(H,20,21,22)(H2,27,28,29)/t13-,15-,16-,19-/m1/s1.